The van der Waals surface area contributed by atoms with Gasteiger partial charge in [0.05, 0.1) is 12.0 Å². The molecule has 1 aromatic heterocycles. The third kappa shape index (κ3) is 5.18. The van der Waals surface area contributed by atoms with Crippen molar-refractivity contribution in [2.24, 2.45) is 0 Å². The molecule has 0 unspecified atom stereocenters. The lowest BCUT2D eigenvalue weighted by Gasteiger charge is -2.15. The van der Waals surface area contributed by atoms with E-state index in [1.54, 1.807) is 55.7 Å². The van der Waals surface area contributed by atoms with Crippen LogP contribution in [-0.2, 0) is 4.79 Å². The van der Waals surface area contributed by atoms with Crippen molar-refractivity contribution in [3.8, 4) is 5.75 Å². The average molecular weight is 503 g/mol. The molecule has 0 bridgehead atoms. The molecule has 10 heteroatoms. The van der Waals surface area contributed by atoms with Crippen molar-refractivity contribution < 1.29 is 18.7 Å². The molecule has 0 aliphatic carbocycles. The van der Waals surface area contributed by atoms with Gasteiger partial charge in [0.2, 0.25) is 0 Å². The van der Waals surface area contributed by atoms with Crippen LogP contribution in [0.2, 0.25) is 5.02 Å². The third-order valence-corrected chi connectivity index (χ3v) is 6.75. The smallest absolute Gasteiger partial charge is 0.285 e. The molecule has 0 spiro atoms. The Labute approximate surface area is 202 Å². The summed E-state index contributed by atoms with van der Waals surface area (Å²) in [6.07, 6.45) is 1.60. The van der Waals surface area contributed by atoms with Gasteiger partial charge in [-0.3, -0.25) is 15.0 Å². The van der Waals surface area contributed by atoms with Gasteiger partial charge in [-0.1, -0.05) is 35.1 Å². The molecule has 1 N–H and O–H groups in total. The van der Waals surface area contributed by atoms with Crippen molar-refractivity contribution in [3.05, 3.63) is 81.9 Å². The second-order valence-corrected chi connectivity index (χ2v) is 9.59. The van der Waals surface area contributed by atoms with Crippen molar-refractivity contribution in [1.29, 1.82) is 0 Å². The number of benzene rings is 2. The van der Waals surface area contributed by atoms with E-state index in [1.807, 2.05) is 18.2 Å². The molecule has 1 saturated heterocycles. The fourth-order valence-corrected chi connectivity index (χ4v) is 4.75. The normalized spacial score (nSPS) is 14.8. The average Bonchev–Trinajstić information content (AvgIpc) is 3.34. The van der Waals surface area contributed by atoms with E-state index < -0.39 is 11.8 Å². The molecular formula is C22H15ClN2O4S3. The molecule has 0 radical (unpaired) electrons. The lowest BCUT2D eigenvalue weighted by molar-refractivity contribution is -0.123. The van der Waals surface area contributed by atoms with E-state index in [0.717, 1.165) is 21.7 Å². The van der Waals surface area contributed by atoms with Gasteiger partial charge in [0.1, 0.15) is 11.5 Å². The maximum absolute atomic E-state index is 12.8. The van der Waals surface area contributed by atoms with Crippen molar-refractivity contribution >= 4 is 69.6 Å². The van der Waals surface area contributed by atoms with E-state index in [4.69, 9.17) is 33.0 Å². The van der Waals surface area contributed by atoms with Crippen molar-refractivity contribution in [2.45, 2.75) is 9.99 Å². The van der Waals surface area contributed by atoms with E-state index in [9.17, 15) is 9.59 Å². The van der Waals surface area contributed by atoms with Crippen LogP contribution in [0.3, 0.4) is 0 Å². The number of methoxy groups -OCH3 is 1. The molecule has 0 saturated carbocycles. The van der Waals surface area contributed by atoms with E-state index in [1.165, 1.54) is 11.8 Å². The molecule has 0 atom stereocenters. The predicted molar refractivity (Wildman–Crippen MR) is 130 cm³/mol. The number of carbonyl (C=O) groups excluding carboxylic acids is 2. The Balaban J connectivity index is 1.43. The van der Waals surface area contributed by atoms with Gasteiger partial charge >= 0.3 is 0 Å². The quantitative estimate of drug-likeness (QED) is 0.345. The Kier molecular flexibility index (Phi) is 6.90. The summed E-state index contributed by atoms with van der Waals surface area (Å²) in [5.41, 5.74) is 2.92. The lowest BCUT2D eigenvalue weighted by Crippen LogP contribution is -2.44. The van der Waals surface area contributed by atoms with Crippen molar-refractivity contribution in [1.82, 2.24) is 10.4 Å². The Morgan fingerprint density at radius 1 is 1.16 bits per heavy atom. The summed E-state index contributed by atoms with van der Waals surface area (Å²) >= 11 is 13.7. The van der Waals surface area contributed by atoms with Crippen LogP contribution in [0, 0.1) is 0 Å². The molecule has 162 valence electrons. The number of hydrogen-bond donors (Lipinski definition) is 1. The minimum atomic E-state index is -0.454. The lowest BCUT2D eigenvalue weighted by atomic mass is 10.2. The molecule has 1 fully saturated rings. The number of thioether (sulfide) groups is 1. The number of carbonyl (C=O) groups is 2. The summed E-state index contributed by atoms with van der Waals surface area (Å²) < 4.78 is 11.1. The van der Waals surface area contributed by atoms with Crippen molar-refractivity contribution in [2.75, 3.05) is 7.11 Å². The summed E-state index contributed by atoms with van der Waals surface area (Å²) in [4.78, 5) is 26.6. The third-order valence-electron chi connectivity index (χ3n) is 4.27. The first-order valence-corrected chi connectivity index (χ1v) is 11.6. The number of amides is 2. The highest BCUT2D eigenvalue weighted by Crippen LogP contribution is 2.34. The van der Waals surface area contributed by atoms with Crippen LogP contribution in [0.5, 0.6) is 5.75 Å². The van der Waals surface area contributed by atoms with E-state index >= 15 is 0 Å². The molecule has 6 nitrogen and oxygen atoms in total. The maximum atomic E-state index is 12.8. The highest BCUT2D eigenvalue weighted by molar-refractivity contribution is 8.26. The molecule has 2 heterocycles. The fraction of sp³-hybridized carbons (Fsp3) is 0.0455. The Bertz CT molecular complexity index is 1210. The largest absolute Gasteiger partial charge is 0.497 e. The predicted octanol–water partition coefficient (Wildman–Crippen LogP) is 5.64. The highest BCUT2D eigenvalue weighted by atomic mass is 35.5. The number of furan rings is 1. The topological polar surface area (TPSA) is 71.8 Å². The zero-order chi connectivity index (χ0) is 22.7. The van der Waals surface area contributed by atoms with Gasteiger partial charge in [0.25, 0.3) is 11.8 Å². The number of nitrogens with zero attached hydrogens (tertiary/aromatic N) is 1. The number of hydrazine groups is 1. The SMILES string of the molecule is COc1ccc(C(=O)NN2C(=O)/C(=C/c3ccc(Sc4ccc(Cl)cc4)o3)SC2=S)cc1. The van der Waals surface area contributed by atoms with Gasteiger partial charge in [-0.05, 0) is 72.9 Å². The summed E-state index contributed by atoms with van der Waals surface area (Å²) in [6.45, 7) is 0. The first kappa shape index (κ1) is 22.5. The van der Waals surface area contributed by atoms with Crippen LogP contribution in [0.25, 0.3) is 6.08 Å². The van der Waals surface area contributed by atoms with Gasteiger partial charge in [0, 0.05) is 21.6 Å². The van der Waals surface area contributed by atoms with Crippen LogP contribution in [0.1, 0.15) is 16.1 Å². The number of ether oxygens (including phenoxy) is 1. The second-order valence-electron chi connectivity index (χ2n) is 6.40. The van der Waals surface area contributed by atoms with Crippen LogP contribution in [-0.4, -0.2) is 28.3 Å². The summed E-state index contributed by atoms with van der Waals surface area (Å²) in [6, 6.07) is 17.5. The van der Waals surface area contributed by atoms with Gasteiger partial charge in [-0.2, -0.15) is 5.01 Å². The molecule has 1 aliphatic rings. The summed E-state index contributed by atoms with van der Waals surface area (Å²) in [5.74, 6) is 0.251. The Hall–Kier alpha value is -2.72. The van der Waals surface area contributed by atoms with Crippen LogP contribution < -0.4 is 10.2 Å². The Morgan fingerprint density at radius 2 is 1.88 bits per heavy atom. The molecule has 4 rings (SSSR count). The fourth-order valence-electron chi connectivity index (χ4n) is 2.69. The monoisotopic (exact) mass is 502 g/mol. The van der Waals surface area contributed by atoms with E-state index in [0.29, 0.717) is 32.1 Å². The van der Waals surface area contributed by atoms with Crippen LogP contribution >= 0.6 is 47.3 Å². The number of nitrogens with one attached hydrogen (secondary N) is 1. The van der Waals surface area contributed by atoms with Gasteiger partial charge in [0.15, 0.2) is 9.41 Å². The van der Waals surface area contributed by atoms with E-state index in [-0.39, 0.29) is 4.32 Å². The minimum Gasteiger partial charge on any atom is -0.497 e. The van der Waals surface area contributed by atoms with E-state index in [2.05, 4.69) is 5.43 Å². The summed E-state index contributed by atoms with van der Waals surface area (Å²) in [5, 5.41) is 2.39. The molecule has 1 aliphatic heterocycles. The van der Waals surface area contributed by atoms with Crippen LogP contribution in [0.4, 0.5) is 0 Å². The number of hydrogen-bond acceptors (Lipinski definition) is 7. The van der Waals surface area contributed by atoms with Crippen LogP contribution in [0.15, 0.2) is 80.0 Å². The highest BCUT2D eigenvalue weighted by Gasteiger charge is 2.34. The molecular weight excluding hydrogens is 488 g/mol. The van der Waals surface area contributed by atoms with Crippen molar-refractivity contribution in [3.63, 3.8) is 0 Å². The minimum absolute atomic E-state index is 0.227. The van der Waals surface area contributed by atoms with Gasteiger partial charge < -0.3 is 9.15 Å². The zero-order valence-corrected chi connectivity index (χ0v) is 19.7. The molecule has 32 heavy (non-hydrogen) atoms. The second kappa shape index (κ2) is 9.83. The first-order valence-electron chi connectivity index (χ1n) is 9.19. The molecule has 2 aromatic carbocycles. The standard InChI is InChI=1S/C22H15ClN2O4S3/c1-28-15-6-2-13(3-7-15)20(26)24-25-21(27)18(32-22(25)30)12-16-8-11-19(29-16)31-17-9-4-14(23)5-10-17/h2-12H,1H3,(H,24,26)/b18-12-. The first-order chi connectivity index (χ1) is 15.4. The molecule has 2 amide bonds. The van der Waals surface area contributed by atoms with Gasteiger partial charge in [-0.25, -0.2) is 0 Å². The number of thiocarbonyl (C=S) groups is 1. The maximum Gasteiger partial charge on any atom is 0.285 e. The molecule has 3 aromatic rings. The van der Waals surface area contributed by atoms with Gasteiger partial charge in [-0.15, -0.1) is 0 Å². The zero-order valence-electron chi connectivity index (χ0n) is 16.5. The Morgan fingerprint density at radius 3 is 2.56 bits per heavy atom. The summed E-state index contributed by atoms with van der Waals surface area (Å²) in [7, 11) is 1.54. The number of rotatable bonds is 6. The number of halogens is 1.